The number of aromatic nitrogens is 4. The monoisotopic (exact) mass is 443 g/mol. The van der Waals surface area contributed by atoms with Gasteiger partial charge in [-0.1, -0.05) is 24.3 Å². The van der Waals surface area contributed by atoms with Crippen LogP contribution in [0.2, 0.25) is 0 Å². The van der Waals surface area contributed by atoms with Crippen molar-refractivity contribution < 1.29 is 22.7 Å². The number of fused-ring (bicyclic) bond motifs is 1. The summed E-state index contributed by atoms with van der Waals surface area (Å²) in [4.78, 5) is 29.1. The summed E-state index contributed by atoms with van der Waals surface area (Å²) in [5, 5.41) is 6.46. The van der Waals surface area contributed by atoms with Gasteiger partial charge in [-0.05, 0) is 36.8 Å². The van der Waals surface area contributed by atoms with Crippen LogP contribution in [0.25, 0.3) is 5.65 Å². The van der Waals surface area contributed by atoms with Gasteiger partial charge in [0, 0.05) is 18.1 Å². The van der Waals surface area contributed by atoms with Crippen molar-refractivity contribution in [2.75, 3.05) is 5.32 Å². The zero-order valence-corrected chi connectivity index (χ0v) is 16.6. The van der Waals surface area contributed by atoms with E-state index in [2.05, 4.69) is 15.4 Å². The highest BCUT2D eigenvalue weighted by Crippen LogP contribution is 2.30. The second-order valence-electron chi connectivity index (χ2n) is 6.86. The van der Waals surface area contributed by atoms with Gasteiger partial charge in [-0.3, -0.25) is 4.79 Å². The molecule has 0 radical (unpaired) electrons. The Morgan fingerprint density at radius 1 is 1.16 bits per heavy atom. The number of para-hydroxylation sites is 1. The number of carbonyl (C=O) groups is 1. The lowest BCUT2D eigenvalue weighted by molar-refractivity contribution is -0.137. The molecule has 164 valence electrons. The highest BCUT2D eigenvalue weighted by atomic mass is 19.4. The van der Waals surface area contributed by atoms with Gasteiger partial charge in [0.1, 0.15) is 12.3 Å². The Morgan fingerprint density at radius 3 is 2.69 bits per heavy atom. The van der Waals surface area contributed by atoms with Crippen molar-refractivity contribution in [2.24, 2.45) is 0 Å². The fraction of sp³-hybridized carbons (Fsp3) is 0.143. The molecular formula is C21H16F3N5O3. The molecule has 4 rings (SSSR count). The quantitative estimate of drug-likeness (QED) is 0.509. The molecule has 0 spiro atoms. The first-order valence-corrected chi connectivity index (χ1v) is 9.37. The average molecular weight is 443 g/mol. The summed E-state index contributed by atoms with van der Waals surface area (Å²) in [5.74, 6) is -0.127. The molecule has 0 aliphatic heterocycles. The summed E-state index contributed by atoms with van der Waals surface area (Å²) < 4.78 is 46.4. The van der Waals surface area contributed by atoms with Crippen molar-refractivity contribution in [3.05, 3.63) is 82.5 Å². The molecule has 0 fully saturated rings. The van der Waals surface area contributed by atoms with E-state index in [4.69, 9.17) is 4.74 Å². The molecular weight excluding hydrogens is 427 g/mol. The molecule has 0 saturated carbocycles. The van der Waals surface area contributed by atoms with E-state index in [1.54, 1.807) is 12.1 Å². The van der Waals surface area contributed by atoms with Gasteiger partial charge in [0.15, 0.2) is 0 Å². The minimum absolute atomic E-state index is 0.0492. The van der Waals surface area contributed by atoms with Crippen LogP contribution in [0.15, 0.2) is 65.7 Å². The van der Waals surface area contributed by atoms with E-state index >= 15 is 0 Å². The van der Waals surface area contributed by atoms with Gasteiger partial charge in [0.2, 0.25) is 11.6 Å². The predicted molar refractivity (Wildman–Crippen MR) is 109 cm³/mol. The maximum atomic E-state index is 12.9. The van der Waals surface area contributed by atoms with Crippen LogP contribution in [0, 0.1) is 6.92 Å². The van der Waals surface area contributed by atoms with Crippen molar-refractivity contribution in [1.29, 1.82) is 0 Å². The molecule has 2 aromatic heterocycles. The second-order valence-corrected chi connectivity index (χ2v) is 6.86. The molecule has 4 aromatic rings. The minimum Gasteiger partial charge on any atom is -0.436 e. The van der Waals surface area contributed by atoms with E-state index in [9.17, 15) is 22.8 Å². The SMILES string of the molecule is Cc1ccccc1Oc1nccn2c(=O)n(CC(=O)Nc3cccc(C(F)(F)F)c3)nc12. The summed E-state index contributed by atoms with van der Waals surface area (Å²) >= 11 is 0. The first kappa shape index (κ1) is 21.1. The number of halogens is 3. The molecule has 32 heavy (non-hydrogen) atoms. The van der Waals surface area contributed by atoms with Crippen molar-refractivity contribution >= 4 is 17.2 Å². The van der Waals surface area contributed by atoms with Gasteiger partial charge in [0.05, 0.1) is 5.56 Å². The third-order valence-corrected chi connectivity index (χ3v) is 4.54. The van der Waals surface area contributed by atoms with Gasteiger partial charge < -0.3 is 10.1 Å². The maximum absolute atomic E-state index is 12.9. The van der Waals surface area contributed by atoms with Crippen LogP contribution in [0.3, 0.4) is 0 Å². The molecule has 0 bridgehead atoms. The highest BCUT2D eigenvalue weighted by molar-refractivity contribution is 5.90. The van der Waals surface area contributed by atoms with Crippen LogP contribution in [-0.4, -0.2) is 25.1 Å². The summed E-state index contributed by atoms with van der Waals surface area (Å²) in [6, 6.07) is 11.4. The van der Waals surface area contributed by atoms with Crippen LogP contribution in [0.5, 0.6) is 11.6 Å². The molecule has 8 nitrogen and oxygen atoms in total. The highest BCUT2D eigenvalue weighted by Gasteiger charge is 2.30. The van der Waals surface area contributed by atoms with Gasteiger partial charge in [-0.15, -0.1) is 5.10 Å². The summed E-state index contributed by atoms with van der Waals surface area (Å²) in [7, 11) is 0. The summed E-state index contributed by atoms with van der Waals surface area (Å²) in [6.45, 7) is 1.33. The molecule has 0 aliphatic rings. The Kier molecular flexibility index (Phi) is 5.39. The number of hydrogen-bond donors (Lipinski definition) is 1. The van der Waals surface area contributed by atoms with Crippen molar-refractivity contribution in [1.82, 2.24) is 19.2 Å². The van der Waals surface area contributed by atoms with Crippen LogP contribution < -0.4 is 15.7 Å². The Morgan fingerprint density at radius 2 is 1.94 bits per heavy atom. The lowest BCUT2D eigenvalue weighted by atomic mass is 10.2. The lowest BCUT2D eigenvalue weighted by Crippen LogP contribution is -2.28. The number of alkyl halides is 3. The number of rotatable bonds is 5. The normalized spacial score (nSPS) is 11.5. The Hall–Kier alpha value is -4.15. The lowest BCUT2D eigenvalue weighted by Gasteiger charge is -2.09. The number of ether oxygens (including phenoxy) is 1. The minimum atomic E-state index is -4.54. The third kappa shape index (κ3) is 4.31. The number of nitrogens with zero attached hydrogens (tertiary/aromatic N) is 4. The molecule has 2 heterocycles. The number of anilines is 1. The average Bonchev–Trinajstić information content (AvgIpc) is 3.06. The van der Waals surface area contributed by atoms with E-state index in [1.807, 2.05) is 19.1 Å². The van der Waals surface area contributed by atoms with Gasteiger partial charge in [0.25, 0.3) is 5.88 Å². The number of amides is 1. The third-order valence-electron chi connectivity index (χ3n) is 4.54. The largest absolute Gasteiger partial charge is 0.436 e. The molecule has 0 atom stereocenters. The van der Waals surface area contributed by atoms with Crippen LogP contribution >= 0.6 is 0 Å². The van der Waals surface area contributed by atoms with E-state index in [-0.39, 0.29) is 17.2 Å². The van der Waals surface area contributed by atoms with E-state index in [1.165, 1.54) is 24.5 Å². The summed E-state index contributed by atoms with van der Waals surface area (Å²) in [6.07, 6.45) is -1.81. The summed E-state index contributed by atoms with van der Waals surface area (Å²) in [5.41, 5.74) is -0.640. The van der Waals surface area contributed by atoms with E-state index < -0.39 is 29.9 Å². The molecule has 0 saturated heterocycles. The van der Waals surface area contributed by atoms with Crippen molar-refractivity contribution in [3.8, 4) is 11.6 Å². The predicted octanol–water partition coefficient (Wildman–Crippen LogP) is 3.65. The van der Waals surface area contributed by atoms with Crippen molar-refractivity contribution in [2.45, 2.75) is 19.6 Å². The first-order chi connectivity index (χ1) is 15.2. The van der Waals surface area contributed by atoms with Crippen molar-refractivity contribution in [3.63, 3.8) is 0 Å². The molecule has 1 amide bonds. The van der Waals surface area contributed by atoms with Crippen LogP contribution in [-0.2, 0) is 17.5 Å². The fourth-order valence-electron chi connectivity index (χ4n) is 2.99. The molecule has 11 heteroatoms. The standard InChI is InChI=1S/C21H16F3N5O3/c1-13-5-2-3-8-16(13)32-19-18-27-29(20(31)28(18)10-9-25-19)12-17(30)26-15-7-4-6-14(11-15)21(22,23)24/h2-11H,12H2,1H3,(H,26,30). The number of benzene rings is 2. The number of aryl methyl sites for hydroxylation is 1. The topological polar surface area (TPSA) is 90.5 Å². The molecule has 0 unspecified atom stereocenters. The zero-order chi connectivity index (χ0) is 22.9. The number of carbonyl (C=O) groups excluding carboxylic acids is 1. The van der Waals surface area contributed by atoms with Crippen LogP contribution in [0.4, 0.5) is 18.9 Å². The Labute approximate surface area is 178 Å². The molecule has 2 aromatic carbocycles. The van der Waals surface area contributed by atoms with Gasteiger partial charge >= 0.3 is 11.9 Å². The fourth-order valence-corrected chi connectivity index (χ4v) is 2.99. The first-order valence-electron chi connectivity index (χ1n) is 9.37. The van der Waals surface area contributed by atoms with Gasteiger partial charge in [-0.2, -0.15) is 13.2 Å². The molecule has 1 N–H and O–H groups in total. The second kappa shape index (κ2) is 8.17. The van der Waals surface area contributed by atoms with E-state index in [0.29, 0.717) is 5.75 Å². The number of nitrogens with one attached hydrogen (secondary N) is 1. The Balaban J connectivity index is 1.58. The zero-order valence-electron chi connectivity index (χ0n) is 16.6. The molecule has 0 aliphatic carbocycles. The number of hydrogen-bond acceptors (Lipinski definition) is 5. The van der Waals surface area contributed by atoms with Gasteiger partial charge in [-0.25, -0.2) is 18.9 Å². The van der Waals surface area contributed by atoms with Crippen LogP contribution in [0.1, 0.15) is 11.1 Å². The maximum Gasteiger partial charge on any atom is 0.416 e. The Bertz CT molecular complexity index is 1360. The van der Waals surface area contributed by atoms with E-state index in [0.717, 1.165) is 26.8 Å². The smallest absolute Gasteiger partial charge is 0.416 e.